The summed E-state index contributed by atoms with van der Waals surface area (Å²) in [7, 11) is 1.67. The number of hydrogen-bond acceptors (Lipinski definition) is 4. The molecule has 0 aliphatic carbocycles. The monoisotopic (exact) mass is 346 g/mol. The topological polar surface area (TPSA) is 47.3 Å². The van der Waals surface area contributed by atoms with Gasteiger partial charge in [0, 0.05) is 17.0 Å². The molecule has 0 aromatic heterocycles. The molecule has 2 atom stereocenters. The number of rotatable bonds is 8. The predicted molar refractivity (Wildman–Crippen MR) is 87.7 cm³/mol. The summed E-state index contributed by atoms with van der Waals surface area (Å²) in [4.78, 5) is 0. The lowest BCUT2D eigenvalue weighted by Gasteiger charge is -2.18. The van der Waals surface area contributed by atoms with Crippen molar-refractivity contribution < 1.29 is 4.74 Å². The lowest BCUT2D eigenvalue weighted by molar-refractivity contribution is 0.412. The van der Waals surface area contributed by atoms with Gasteiger partial charge in [0.05, 0.1) is 11.6 Å². The van der Waals surface area contributed by atoms with Gasteiger partial charge in [0.2, 0.25) is 0 Å². The smallest absolute Gasteiger partial charge is 0.133 e. The standard InChI is InChI=1S/C14H23BrN2OS/c1-4-10(2)19-9-12(17-16)7-11-5-6-14(18-3)13(15)8-11/h5-6,8,10,12,17H,4,7,9,16H2,1-3H3. The molecule has 0 fully saturated rings. The van der Waals surface area contributed by atoms with Crippen molar-refractivity contribution in [2.75, 3.05) is 12.9 Å². The number of hydrazine groups is 1. The summed E-state index contributed by atoms with van der Waals surface area (Å²) in [6.45, 7) is 4.46. The van der Waals surface area contributed by atoms with Crippen LogP contribution in [-0.2, 0) is 6.42 Å². The van der Waals surface area contributed by atoms with Gasteiger partial charge in [-0.2, -0.15) is 11.8 Å². The number of hydrogen-bond donors (Lipinski definition) is 2. The SMILES string of the molecule is CCC(C)SCC(Cc1ccc(OC)c(Br)c1)NN. The number of halogens is 1. The molecule has 0 bridgehead atoms. The normalized spacial score (nSPS) is 14.2. The Balaban J connectivity index is 2.57. The van der Waals surface area contributed by atoms with Crippen molar-refractivity contribution in [1.29, 1.82) is 0 Å². The molecule has 19 heavy (non-hydrogen) atoms. The Morgan fingerprint density at radius 2 is 2.21 bits per heavy atom. The molecule has 0 amide bonds. The highest BCUT2D eigenvalue weighted by atomic mass is 79.9. The van der Waals surface area contributed by atoms with E-state index >= 15 is 0 Å². The molecule has 0 spiro atoms. The molecule has 0 saturated carbocycles. The largest absolute Gasteiger partial charge is 0.496 e. The molecule has 108 valence electrons. The van der Waals surface area contributed by atoms with Gasteiger partial charge in [0.1, 0.15) is 5.75 Å². The highest BCUT2D eigenvalue weighted by Crippen LogP contribution is 2.26. The van der Waals surface area contributed by atoms with E-state index in [0.717, 1.165) is 22.4 Å². The van der Waals surface area contributed by atoms with Gasteiger partial charge >= 0.3 is 0 Å². The number of benzene rings is 1. The Morgan fingerprint density at radius 1 is 1.47 bits per heavy atom. The van der Waals surface area contributed by atoms with Gasteiger partial charge in [-0.25, -0.2) is 0 Å². The maximum atomic E-state index is 5.64. The summed E-state index contributed by atoms with van der Waals surface area (Å²) in [6.07, 6.45) is 2.11. The average molecular weight is 347 g/mol. The maximum Gasteiger partial charge on any atom is 0.133 e. The van der Waals surface area contributed by atoms with Crippen LogP contribution in [0, 0.1) is 0 Å². The lowest BCUT2D eigenvalue weighted by Crippen LogP contribution is -2.39. The van der Waals surface area contributed by atoms with E-state index in [1.165, 1.54) is 12.0 Å². The van der Waals surface area contributed by atoms with Crippen molar-refractivity contribution >= 4 is 27.7 Å². The number of nitrogens with two attached hydrogens (primary N) is 1. The first kappa shape index (κ1) is 16.8. The fraction of sp³-hybridized carbons (Fsp3) is 0.571. The first-order valence-corrected chi connectivity index (χ1v) is 8.35. The lowest BCUT2D eigenvalue weighted by atomic mass is 10.1. The Kier molecular flexibility index (Phi) is 7.83. The Labute approximate surface area is 128 Å². The van der Waals surface area contributed by atoms with Gasteiger partial charge < -0.3 is 4.74 Å². The van der Waals surface area contributed by atoms with Crippen molar-refractivity contribution in [3.63, 3.8) is 0 Å². The summed E-state index contributed by atoms with van der Waals surface area (Å²) in [5, 5.41) is 0.679. The van der Waals surface area contributed by atoms with Crippen LogP contribution in [0.15, 0.2) is 22.7 Å². The second kappa shape index (κ2) is 8.84. The maximum absolute atomic E-state index is 5.64. The Hall–Kier alpha value is -0.230. The number of methoxy groups -OCH3 is 1. The second-order valence-electron chi connectivity index (χ2n) is 4.59. The third kappa shape index (κ3) is 5.73. The highest BCUT2D eigenvalue weighted by molar-refractivity contribution is 9.10. The molecule has 3 nitrogen and oxygen atoms in total. The number of nitrogens with one attached hydrogen (secondary N) is 1. The summed E-state index contributed by atoms with van der Waals surface area (Å²) in [6, 6.07) is 6.45. The summed E-state index contributed by atoms with van der Waals surface area (Å²) >= 11 is 5.47. The van der Waals surface area contributed by atoms with E-state index in [-0.39, 0.29) is 0 Å². The van der Waals surface area contributed by atoms with Gasteiger partial charge in [-0.05, 0) is 46.5 Å². The average Bonchev–Trinajstić information content (AvgIpc) is 2.43. The van der Waals surface area contributed by atoms with Gasteiger partial charge in [-0.15, -0.1) is 0 Å². The van der Waals surface area contributed by atoms with Crippen LogP contribution in [0.5, 0.6) is 5.75 Å². The van der Waals surface area contributed by atoms with E-state index in [1.54, 1.807) is 7.11 Å². The molecule has 0 saturated heterocycles. The first-order valence-electron chi connectivity index (χ1n) is 6.50. The fourth-order valence-electron chi connectivity index (χ4n) is 1.69. The highest BCUT2D eigenvalue weighted by Gasteiger charge is 2.11. The zero-order valence-corrected chi connectivity index (χ0v) is 14.2. The summed E-state index contributed by atoms with van der Waals surface area (Å²) in [5.41, 5.74) is 4.16. The predicted octanol–water partition coefficient (Wildman–Crippen LogP) is 3.36. The summed E-state index contributed by atoms with van der Waals surface area (Å²) in [5.74, 6) is 7.52. The van der Waals surface area contributed by atoms with Gasteiger partial charge in [0.25, 0.3) is 0 Å². The molecule has 5 heteroatoms. The van der Waals surface area contributed by atoms with Crippen LogP contribution in [0.4, 0.5) is 0 Å². The second-order valence-corrected chi connectivity index (χ2v) is 6.91. The molecule has 1 aromatic carbocycles. The number of ether oxygens (including phenoxy) is 1. The minimum atomic E-state index is 0.291. The van der Waals surface area contributed by atoms with Crippen LogP contribution < -0.4 is 16.0 Å². The molecule has 0 aliphatic heterocycles. The van der Waals surface area contributed by atoms with Crippen molar-refractivity contribution in [3.8, 4) is 5.75 Å². The van der Waals surface area contributed by atoms with E-state index in [0.29, 0.717) is 11.3 Å². The van der Waals surface area contributed by atoms with Crippen LogP contribution in [-0.4, -0.2) is 24.2 Å². The molecule has 0 heterocycles. The van der Waals surface area contributed by atoms with Crippen molar-refractivity contribution in [3.05, 3.63) is 28.2 Å². The molecular weight excluding hydrogens is 324 g/mol. The Bertz CT molecular complexity index is 390. The van der Waals surface area contributed by atoms with E-state index < -0.39 is 0 Å². The molecular formula is C14H23BrN2OS. The third-order valence-electron chi connectivity index (χ3n) is 3.09. The van der Waals surface area contributed by atoms with Gasteiger partial charge in [0.15, 0.2) is 0 Å². The van der Waals surface area contributed by atoms with Crippen LogP contribution in [0.25, 0.3) is 0 Å². The van der Waals surface area contributed by atoms with Crippen molar-refractivity contribution in [2.45, 2.75) is 38.0 Å². The van der Waals surface area contributed by atoms with Crippen LogP contribution in [0.3, 0.4) is 0 Å². The third-order valence-corrected chi connectivity index (χ3v) is 5.21. The first-order chi connectivity index (χ1) is 9.10. The molecule has 1 aromatic rings. The van der Waals surface area contributed by atoms with Crippen LogP contribution in [0.2, 0.25) is 0 Å². The van der Waals surface area contributed by atoms with Gasteiger partial charge in [-0.3, -0.25) is 11.3 Å². The van der Waals surface area contributed by atoms with Gasteiger partial charge in [-0.1, -0.05) is 19.9 Å². The van der Waals surface area contributed by atoms with E-state index in [4.69, 9.17) is 10.6 Å². The van der Waals surface area contributed by atoms with E-state index in [2.05, 4.69) is 47.3 Å². The molecule has 0 radical (unpaired) electrons. The van der Waals surface area contributed by atoms with Crippen LogP contribution in [0.1, 0.15) is 25.8 Å². The molecule has 1 rings (SSSR count). The van der Waals surface area contributed by atoms with Crippen LogP contribution >= 0.6 is 27.7 Å². The zero-order chi connectivity index (χ0) is 14.3. The summed E-state index contributed by atoms with van der Waals surface area (Å²) < 4.78 is 6.22. The van der Waals surface area contributed by atoms with E-state index in [1.807, 2.05) is 17.8 Å². The quantitative estimate of drug-likeness (QED) is 0.559. The minimum Gasteiger partial charge on any atom is -0.496 e. The molecule has 0 aliphatic rings. The zero-order valence-electron chi connectivity index (χ0n) is 11.8. The molecule has 3 N–H and O–H groups in total. The number of thioether (sulfide) groups is 1. The fourth-order valence-corrected chi connectivity index (χ4v) is 3.28. The molecule has 2 unspecified atom stereocenters. The Morgan fingerprint density at radius 3 is 2.74 bits per heavy atom. The van der Waals surface area contributed by atoms with E-state index in [9.17, 15) is 0 Å². The van der Waals surface area contributed by atoms with Crippen molar-refractivity contribution in [2.24, 2.45) is 5.84 Å². The minimum absolute atomic E-state index is 0.291. The van der Waals surface area contributed by atoms with Crippen molar-refractivity contribution in [1.82, 2.24) is 5.43 Å².